The van der Waals surface area contributed by atoms with Crippen LogP contribution in [0.15, 0.2) is 47.7 Å². The Morgan fingerprint density at radius 3 is 2.57 bits per heavy atom. The molecule has 1 aromatic carbocycles. The molecule has 1 atom stereocenters. The van der Waals surface area contributed by atoms with Crippen LogP contribution in [0.25, 0.3) is 0 Å². The molecule has 8 heteroatoms. The number of amides is 1. The van der Waals surface area contributed by atoms with E-state index < -0.39 is 0 Å². The van der Waals surface area contributed by atoms with Crippen molar-refractivity contribution in [3.05, 3.63) is 48.3 Å². The maximum absolute atomic E-state index is 12.7. The van der Waals surface area contributed by atoms with E-state index in [2.05, 4.69) is 55.7 Å². The van der Waals surface area contributed by atoms with E-state index in [-0.39, 0.29) is 12.5 Å². The lowest BCUT2D eigenvalue weighted by molar-refractivity contribution is -0.130. The quantitative estimate of drug-likeness (QED) is 0.606. The number of carbonyl (C=O) groups excluding carboxylic acids is 1. The number of benzene rings is 1. The maximum atomic E-state index is 12.7. The van der Waals surface area contributed by atoms with E-state index in [4.69, 9.17) is 0 Å². The first-order valence-corrected chi connectivity index (χ1v) is 10.7. The third-order valence-corrected chi connectivity index (χ3v) is 6.05. The minimum atomic E-state index is 0.131. The van der Waals surface area contributed by atoms with Crippen LogP contribution in [-0.4, -0.2) is 84.3 Å². The van der Waals surface area contributed by atoms with Crippen molar-refractivity contribution in [1.29, 1.82) is 0 Å². The van der Waals surface area contributed by atoms with Crippen LogP contribution >= 0.6 is 0 Å². The molecule has 0 bridgehead atoms. The number of aromatic nitrogens is 2. The fourth-order valence-corrected chi connectivity index (χ4v) is 4.33. The number of piperazine rings is 1. The van der Waals surface area contributed by atoms with Crippen molar-refractivity contribution < 1.29 is 4.79 Å². The lowest BCUT2D eigenvalue weighted by atomic mass is 10.0. The van der Waals surface area contributed by atoms with Gasteiger partial charge in [0.25, 0.3) is 0 Å². The number of anilines is 1. The summed E-state index contributed by atoms with van der Waals surface area (Å²) in [6.07, 6.45) is 5.10. The Kier molecular flexibility index (Phi) is 6.21. The first kappa shape index (κ1) is 20.3. The molecule has 30 heavy (non-hydrogen) atoms. The molecule has 0 radical (unpaired) electrons. The molecule has 8 nitrogen and oxygen atoms in total. The van der Waals surface area contributed by atoms with Gasteiger partial charge in [0.1, 0.15) is 0 Å². The molecule has 0 spiro atoms. The summed E-state index contributed by atoms with van der Waals surface area (Å²) < 4.78 is 1.85. The summed E-state index contributed by atoms with van der Waals surface area (Å²) in [5.41, 5.74) is 2.49. The molecule has 1 unspecified atom stereocenters. The Labute approximate surface area is 178 Å². The lowest BCUT2D eigenvalue weighted by Gasteiger charge is -2.36. The van der Waals surface area contributed by atoms with Crippen molar-refractivity contribution in [1.82, 2.24) is 24.9 Å². The normalized spacial score (nSPS) is 20.0. The summed E-state index contributed by atoms with van der Waals surface area (Å²) in [5, 5.41) is 7.56. The zero-order valence-electron chi connectivity index (χ0n) is 17.9. The Bertz CT molecular complexity index is 871. The molecule has 4 rings (SSSR count). The van der Waals surface area contributed by atoms with Crippen LogP contribution in [0.1, 0.15) is 17.9 Å². The number of guanidine groups is 1. The molecule has 1 amide bonds. The number of hydrogen-bond acceptors (Lipinski definition) is 4. The fraction of sp³-hybridized carbons (Fsp3) is 0.500. The number of nitrogens with zero attached hydrogens (tertiary/aromatic N) is 6. The topological polar surface area (TPSA) is 69.0 Å². The van der Waals surface area contributed by atoms with Crippen molar-refractivity contribution >= 4 is 17.6 Å². The van der Waals surface area contributed by atoms with Gasteiger partial charge in [-0.15, -0.1) is 0 Å². The zero-order chi connectivity index (χ0) is 20.9. The molecule has 160 valence electrons. The van der Waals surface area contributed by atoms with E-state index >= 15 is 0 Å². The van der Waals surface area contributed by atoms with Gasteiger partial charge in [0.15, 0.2) is 5.96 Å². The third kappa shape index (κ3) is 4.58. The highest BCUT2D eigenvalue weighted by molar-refractivity contribution is 5.86. The van der Waals surface area contributed by atoms with E-state index in [1.807, 2.05) is 28.9 Å². The Hall–Kier alpha value is -3.03. The highest BCUT2D eigenvalue weighted by atomic mass is 16.2. The molecule has 2 aromatic rings. The number of nitrogens with one attached hydrogen (secondary N) is 1. The maximum Gasteiger partial charge on any atom is 0.242 e. The number of aliphatic imine (C=N–C) groups is 1. The van der Waals surface area contributed by atoms with Crippen LogP contribution in [0.2, 0.25) is 0 Å². The third-order valence-electron chi connectivity index (χ3n) is 6.05. The van der Waals surface area contributed by atoms with E-state index in [1.54, 1.807) is 7.05 Å². The van der Waals surface area contributed by atoms with Gasteiger partial charge in [-0.3, -0.25) is 14.5 Å². The van der Waals surface area contributed by atoms with Crippen LogP contribution < -0.4 is 10.2 Å². The molecule has 0 saturated carbocycles. The van der Waals surface area contributed by atoms with Crippen LogP contribution in [0.3, 0.4) is 0 Å². The Morgan fingerprint density at radius 2 is 1.90 bits per heavy atom. The highest BCUT2D eigenvalue weighted by Gasteiger charge is 2.28. The summed E-state index contributed by atoms with van der Waals surface area (Å²) in [6, 6.07) is 10.4. The molecule has 2 aliphatic rings. The van der Waals surface area contributed by atoms with Crippen molar-refractivity contribution in [3.63, 3.8) is 0 Å². The smallest absolute Gasteiger partial charge is 0.242 e. The standard InChI is InChI=1S/C22H31N7O/c1-23-22(29-9-8-18(17-29)19-14-25-26(2)16-19)24-15-21(30)28-12-10-27(11-13-28)20-6-4-3-5-7-20/h3-7,14,16,18H,8-13,15,17H2,1-2H3,(H,23,24). The van der Waals surface area contributed by atoms with E-state index in [1.165, 1.54) is 11.3 Å². The predicted octanol–water partition coefficient (Wildman–Crippen LogP) is 1.13. The first-order chi connectivity index (χ1) is 14.6. The van der Waals surface area contributed by atoms with Gasteiger partial charge < -0.3 is 20.0 Å². The molecule has 0 aliphatic carbocycles. The molecule has 1 aromatic heterocycles. The lowest BCUT2D eigenvalue weighted by Crippen LogP contribution is -2.52. The summed E-state index contributed by atoms with van der Waals surface area (Å²) >= 11 is 0. The largest absolute Gasteiger partial charge is 0.368 e. The van der Waals surface area contributed by atoms with E-state index in [0.717, 1.165) is 51.6 Å². The van der Waals surface area contributed by atoms with Crippen LogP contribution in [0.4, 0.5) is 5.69 Å². The van der Waals surface area contributed by atoms with Crippen molar-refractivity contribution in [3.8, 4) is 0 Å². The summed E-state index contributed by atoms with van der Waals surface area (Å²) in [4.78, 5) is 23.6. The molecule has 2 saturated heterocycles. The average Bonchev–Trinajstić information content (AvgIpc) is 3.44. The molecular weight excluding hydrogens is 378 g/mol. The predicted molar refractivity (Wildman–Crippen MR) is 119 cm³/mol. The summed E-state index contributed by atoms with van der Waals surface area (Å²) in [7, 11) is 3.73. The average molecular weight is 410 g/mol. The van der Waals surface area contributed by atoms with Crippen molar-refractivity contribution in [2.75, 3.05) is 57.8 Å². The van der Waals surface area contributed by atoms with Gasteiger partial charge >= 0.3 is 0 Å². The number of hydrogen-bond donors (Lipinski definition) is 1. The number of carbonyl (C=O) groups is 1. The Balaban J connectivity index is 1.24. The molecule has 2 aliphatic heterocycles. The van der Waals surface area contributed by atoms with Crippen LogP contribution in [0, 0.1) is 0 Å². The molecule has 3 heterocycles. The SMILES string of the molecule is CN=C(NCC(=O)N1CCN(c2ccccc2)CC1)N1CCC(c2cnn(C)c2)C1. The minimum Gasteiger partial charge on any atom is -0.368 e. The molecular formula is C22H31N7O. The van der Waals surface area contributed by atoms with E-state index in [9.17, 15) is 4.79 Å². The van der Waals surface area contributed by atoms with Gasteiger partial charge in [0, 0.05) is 71.2 Å². The van der Waals surface area contributed by atoms with Crippen LogP contribution in [-0.2, 0) is 11.8 Å². The van der Waals surface area contributed by atoms with Gasteiger partial charge in [-0.05, 0) is 24.1 Å². The number of likely N-dealkylation sites (tertiary alicyclic amines) is 1. The zero-order valence-corrected chi connectivity index (χ0v) is 17.9. The second-order valence-corrected chi connectivity index (χ2v) is 7.98. The second kappa shape index (κ2) is 9.19. The van der Waals surface area contributed by atoms with Gasteiger partial charge in [-0.1, -0.05) is 18.2 Å². The first-order valence-electron chi connectivity index (χ1n) is 10.7. The monoisotopic (exact) mass is 409 g/mol. The van der Waals surface area contributed by atoms with Gasteiger partial charge in [-0.25, -0.2) is 0 Å². The number of aryl methyl sites for hydroxylation is 1. The van der Waals surface area contributed by atoms with Gasteiger partial charge in [0.05, 0.1) is 12.7 Å². The van der Waals surface area contributed by atoms with Gasteiger partial charge in [0.2, 0.25) is 5.91 Å². The molecule has 1 N–H and O–H groups in total. The summed E-state index contributed by atoms with van der Waals surface area (Å²) in [5.74, 6) is 1.39. The second-order valence-electron chi connectivity index (χ2n) is 7.98. The number of rotatable bonds is 4. The van der Waals surface area contributed by atoms with Crippen molar-refractivity contribution in [2.45, 2.75) is 12.3 Å². The van der Waals surface area contributed by atoms with Gasteiger partial charge in [-0.2, -0.15) is 5.10 Å². The van der Waals surface area contributed by atoms with Crippen LogP contribution in [0.5, 0.6) is 0 Å². The Morgan fingerprint density at radius 1 is 1.13 bits per heavy atom. The minimum absolute atomic E-state index is 0.131. The fourth-order valence-electron chi connectivity index (χ4n) is 4.33. The number of para-hydroxylation sites is 1. The summed E-state index contributed by atoms with van der Waals surface area (Å²) in [6.45, 7) is 5.35. The van der Waals surface area contributed by atoms with E-state index in [0.29, 0.717) is 5.92 Å². The molecule has 2 fully saturated rings. The highest BCUT2D eigenvalue weighted by Crippen LogP contribution is 2.26. The van der Waals surface area contributed by atoms with Crippen molar-refractivity contribution in [2.24, 2.45) is 12.0 Å².